The number of fused-ring (bicyclic) bond motifs is 1. The second-order valence-electron chi connectivity index (χ2n) is 5.39. The second kappa shape index (κ2) is 5.05. The molecule has 3 atom stereocenters. The van der Waals surface area contributed by atoms with Gasteiger partial charge in [0.2, 0.25) is 5.91 Å². The molecule has 1 fully saturated rings. The Hall–Kier alpha value is -1.63. The molecule has 3 rings (SSSR count). The molecule has 6 nitrogen and oxygen atoms in total. The van der Waals surface area contributed by atoms with E-state index in [0.717, 1.165) is 23.5 Å². The van der Waals surface area contributed by atoms with Crippen molar-refractivity contribution in [1.82, 2.24) is 0 Å². The Balaban J connectivity index is 1.85. The third kappa shape index (κ3) is 2.26. The first kappa shape index (κ1) is 13.4. The van der Waals surface area contributed by atoms with Crippen LogP contribution in [0.4, 0.5) is 11.4 Å². The highest BCUT2D eigenvalue weighted by Gasteiger charge is 2.29. The molecule has 3 unspecified atom stereocenters. The van der Waals surface area contributed by atoms with Crippen LogP contribution in [0.15, 0.2) is 18.2 Å². The van der Waals surface area contributed by atoms with Crippen LogP contribution in [0.2, 0.25) is 0 Å². The number of nitrogens with one attached hydrogen (secondary N) is 1. The van der Waals surface area contributed by atoms with Crippen LogP contribution in [-0.2, 0) is 9.53 Å². The van der Waals surface area contributed by atoms with Crippen LogP contribution in [0, 0.1) is 0 Å². The summed E-state index contributed by atoms with van der Waals surface area (Å²) >= 11 is 0. The van der Waals surface area contributed by atoms with Gasteiger partial charge in [-0.25, -0.2) is 0 Å². The van der Waals surface area contributed by atoms with Crippen molar-refractivity contribution in [3.63, 3.8) is 0 Å². The van der Waals surface area contributed by atoms with Crippen molar-refractivity contribution in [2.75, 3.05) is 29.9 Å². The number of morpholine rings is 1. The van der Waals surface area contributed by atoms with E-state index in [4.69, 9.17) is 10.5 Å². The summed E-state index contributed by atoms with van der Waals surface area (Å²) in [6.45, 7) is 3.39. The molecular weight excluding hydrogens is 258 g/mol. The van der Waals surface area contributed by atoms with Crippen LogP contribution >= 0.6 is 0 Å². The van der Waals surface area contributed by atoms with Gasteiger partial charge in [0.05, 0.1) is 18.8 Å². The molecule has 0 bridgehead atoms. The van der Waals surface area contributed by atoms with Gasteiger partial charge in [-0.1, -0.05) is 6.07 Å². The number of aliphatic hydroxyl groups excluding tert-OH is 1. The lowest BCUT2D eigenvalue weighted by Crippen LogP contribution is -2.48. The first-order valence-corrected chi connectivity index (χ1v) is 6.80. The fourth-order valence-corrected chi connectivity index (χ4v) is 2.83. The largest absolute Gasteiger partial charge is 0.394 e. The van der Waals surface area contributed by atoms with Gasteiger partial charge < -0.3 is 25.8 Å². The standard InChI is InChI=1S/C14H19N3O3/c1-8-5-17(6-10(7-18)20-8)9-2-3-11-12(4-9)16-14(19)13(11)15/h2-4,8,10,13,18H,5-7,15H2,1H3,(H,16,19). The molecule has 1 saturated heterocycles. The van der Waals surface area contributed by atoms with E-state index in [1.807, 2.05) is 25.1 Å². The average Bonchev–Trinajstić information content (AvgIpc) is 2.73. The van der Waals surface area contributed by atoms with E-state index in [-0.39, 0.29) is 24.7 Å². The molecule has 20 heavy (non-hydrogen) atoms. The molecule has 1 amide bonds. The van der Waals surface area contributed by atoms with Crippen molar-refractivity contribution >= 4 is 17.3 Å². The van der Waals surface area contributed by atoms with Gasteiger partial charge in [0.1, 0.15) is 6.04 Å². The Morgan fingerprint density at radius 1 is 1.50 bits per heavy atom. The highest BCUT2D eigenvalue weighted by atomic mass is 16.5. The molecule has 6 heteroatoms. The normalized spacial score (nSPS) is 29.2. The third-order valence-electron chi connectivity index (χ3n) is 3.81. The number of amides is 1. The van der Waals surface area contributed by atoms with Crippen molar-refractivity contribution in [1.29, 1.82) is 0 Å². The molecule has 2 aliphatic rings. The minimum Gasteiger partial charge on any atom is -0.394 e. The van der Waals surface area contributed by atoms with Crippen molar-refractivity contribution in [2.24, 2.45) is 5.73 Å². The van der Waals surface area contributed by atoms with E-state index in [0.29, 0.717) is 6.54 Å². The first-order chi connectivity index (χ1) is 9.58. The zero-order chi connectivity index (χ0) is 14.3. The van der Waals surface area contributed by atoms with Gasteiger partial charge in [-0.15, -0.1) is 0 Å². The summed E-state index contributed by atoms with van der Waals surface area (Å²) in [5, 5.41) is 12.1. The maximum atomic E-state index is 11.6. The summed E-state index contributed by atoms with van der Waals surface area (Å²) in [5.41, 5.74) is 8.42. The number of benzene rings is 1. The molecule has 0 spiro atoms. The van der Waals surface area contributed by atoms with E-state index in [1.54, 1.807) is 0 Å². The monoisotopic (exact) mass is 277 g/mol. The second-order valence-corrected chi connectivity index (χ2v) is 5.39. The van der Waals surface area contributed by atoms with E-state index in [1.165, 1.54) is 0 Å². The number of ether oxygens (including phenoxy) is 1. The number of nitrogens with two attached hydrogens (primary N) is 1. The van der Waals surface area contributed by atoms with Gasteiger partial charge in [-0.05, 0) is 19.1 Å². The predicted octanol–water partition coefficient (Wildman–Crippen LogP) is 0.224. The molecule has 1 aromatic rings. The summed E-state index contributed by atoms with van der Waals surface area (Å²) < 4.78 is 5.63. The smallest absolute Gasteiger partial charge is 0.245 e. The Kier molecular flexibility index (Phi) is 3.37. The maximum absolute atomic E-state index is 11.6. The molecule has 0 aromatic heterocycles. The Bertz CT molecular complexity index is 534. The van der Waals surface area contributed by atoms with Crippen molar-refractivity contribution in [3.05, 3.63) is 23.8 Å². The topological polar surface area (TPSA) is 87.8 Å². The molecule has 0 saturated carbocycles. The van der Waals surface area contributed by atoms with Crippen LogP contribution < -0.4 is 16.0 Å². The SMILES string of the molecule is CC1CN(c2ccc3c(c2)NC(=O)C3N)CC(CO)O1. The Morgan fingerprint density at radius 3 is 3.05 bits per heavy atom. The molecule has 2 aliphatic heterocycles. The zero-order valence-electron chi connectivity index (χ0n) is 11.4. The van der Waals surface area contributed by atoms with Crippen LogP contribution in [0.25, 0.3) is 0 Å². The number of nitrogens with zero attached hydrogens (tertiary/aromatic N) is 1. The lowest BCUT2D eigenvalue weighted by Gasteiger charge is -2.37. The quantitative estimate of drug-likeness (QED) is 0.720. The molecule has 108 valence electrons. The van der Waals surface area contributed by atoms with Gasteiger partial charge in [-0.3, -0.25) is 4.79 Å². The molecule has 4 N–H and O–H groups in total. The van der Waals surface area contributed by atoms with Crippen molar-refractivity contribution in [2.45, 2.75) is 25.2 Å². The van der Waals surface area contributed by atoms with E-state index < -0.39 is 6.04 Å². The minimum atomic E-state index is -0.576. The number of hydrogen-bond acceptors (Lipinski definition) is 5. The summed E-state index contributed by atoms with van der Waals surface area (Å²) in [6, 6.07) is 5.21. The number of rotatable bonds is 2. The fourth-order valence-electron chi connectivity index (χ4n) is 2.83. The first-order valence-electron chi connectivity index (χ1n) is 6.80. The van der Waals surface area contributed by atoms with E-state index >= 15 is 0 Å². The number of hydrogen-bond donors (Lipinski definition) is 3. The lowest BCUT2D eigenvalue weighted by atomic mass is 10.1. The fraction of sp³-hybridized carbons (Fsp3) is 0.500. The van der Waals surface area contributed by atoms with Crippen LogP contribution in [-0.4, -0.2) is 42.9 Å². The molecule has 1 aromatic carbocycles. The van der Waals surface area contributed by atoms with Crippen LogP contribution in [0.5, 0.6) is 0 Å². The van der Waals surface area contributed by atoms with Crippen LogP contribution in [0.3, 0.4) is 0 Å². The summed E-state index contributed by atoms with van der Waals surface area (Å²) in [7, 11) is 0. The van der Waals surface area contributed by atoms with Gasteiger partial charge >= 0.3 is 0 Å². The highest BCUT2D eigenvalue weighted by molar-refractivity contribution is 6.02. The van der Waals surface area contributed by atoms with Gasteiger partial charge in [-0.2, -0.15) is 0 Å². The zero-order valence-corrected chi connectivity index (χ0v) is 11.4. The molecule has 2 heterocycles. The van der Waals surface area contributed by atoms with Gasteiger partial charge in [0, 0.05) is 30.0 Å². The van der Waals surface area contributed by atoms with Crippen LogP contribution in [0.1, 0.15) is 18.5 Å². The molecular formula is C14H19N3O3. The third-order valence-corrected chi connectivity index (χ3v) is 3.81. The predicted molar refractivity (Wildman–Crippen MR) is 75.6 cm³/mol. The van der Waals surface area contributed by atoms with E-state index in [2.05, 4.69) is 10.2 Å². The summed E-state index contributed by atoms with van der Waals surface area (Å²) in [5.74, 6) is -0.166. The Morgan fingerprint density at radius 2 is 2.30 bits per heavy atom. The highest BCUT2D eigenvalue weighted by Crippen LogP contribution is 2.33. The maximum Gasteiger partial charge on any atom is 0.245 e. The number of aliphatic hydroxyl groups is 1. The molecule has 0 radical (unpaired) electrons. The summed E-state index contributed by atoms with van der Waals surface area (Å²) in [4.78, 5) is 13.7. The van der Waals surface area contributed by atoms with Crippen molar-refractivity contribution in [3.8, 4) is 0 Å². The van der Waals surface area contributed by atoms with Gasteiger partial charge in [0.25, 0.3) is 0 Å². The van der Waals surface area contributed by atoms with Gasteiger partial charge in [0.15, 0.2) is 0 Å². The summed E-state index contributed by atoms with van der Waals surface area (Å²) in [6.07, 6.45) is -0.116. The number of anilines is 2. The average molecular weight is 277 g/mol. The number of carbonyl (C=O) groups excluding carboxylic acids is 1. The minimum absolute atomic E-state index is 0.00733. The number of carbonyl (C=O) groups is 1. The van der Waals surface area contributed by atoms with Crippen molar-refractivity contribution < 1.29 is 14.6 Å². The van der Waals surface area contributed by atoms with E-state index in [9.17, 15) is 9.90 Å². The molecule has 0 aliphatic carbocycles. The Labute approximate surface area is 117 Å². The lowest BCUT2D eigenvalue weighted by molar-refractivity contribution is -0.116.